The Kier molecular flexibility index (Phi) is 7.19. The molecule has 1 heterocycles. The van der Waals surface area contributed by atoms with Gasteiger partial charge in [-0.2, -0.15) is 0 Å². The third-order valence-electron chi connectivity index (χ3n) is 11.1. The fourth-order valence-corrected chi connectivity index (χ4v) is 8.45. The topological polar surface area (TPSA) is 25.8 Å². The van der Waals surface area contributed by atoms with Crippen molar-refractivity contribution in [3.63, 3.8) is 0 Å². The van der Waals surface area contributed by atoms with Crippen LogP contribution >= 0.6 is 0 Å². The van der Waals surface area contributed by atoms with Gasteiger partial charge < -0.3 is 0 Å². The Bertz CT molecular complexity index is 2780. The molecular weight excluding hydrogens is 641 g/mol. The SMILES string of the molecule is CC1(C)c2cccc(-c3ccc(-c4ccc(-c5nc(-c6ccccc6)cc(-c6ccccc6)n5)c5ccccc45)cc3)c2-c2c1ccc1ccccc21. The van der Waals surface area contributed by atoms with Crippen molar-refractivity contribution in [3.8, 4) is 67.3 Å². The zero-order valence-corrected chi connectivity index (χ0v) is 29.7. The minimum atomic E-state index is -0.0719. The number of aromatic nitrogens is 2. The quantitative estimate of drug-likeness (QED) is 0.181. The second-order valence-electron chi connectivity index (χ2n) is 14.5. The lowest BCUT2D eigenvalue weighted by atomic mass is 9.81. The Morgan fingerprint density at radius 2 is 0.887 bits per heavy atom. The average molecular weight is 677 g/mol. The molecule has 0 N–H and O–H groups in total. The highest BCUT2D eigenvalue weighted by molar-refractivity contribution is 6.07. The van der Waals surface area contributed by atoms with E-state index in [4.69, 9.17) is 9.97 Å². The van der Waals surface area contributed by atoms with Gasteiger partial charge in [0.15, 0.2) is 5.82 Å². The van der Waals surface area contributed by atoms with E-state index in [-0.39, 0.29) is 5.41 Å². The molecule has 0 fully saturated rings. The van der Waals surface area contributed by atoms with Gasteiger partial charge in [-0.05, 0) is 78.2 Å². The van der Waals surface area contributed by atoms with Crippen molar-refractivity contribution in [2.45, 2.75) is 19.3 Å². The van der Waals surface area contributed by atoms with Gasteiger partial charge in [0.25, 0.3) is 0 Å². The molecule has 8 aromatic carbocycles. The summed E-state index contributed by atoms with van der Waals surface area (Å²) in [6.07, 6.45) is 0. The van der Waals surface area contributed by atoms with Crippen molar-refractivity contribution in [2.75, 3.05) is 0 Å². The van der Waals surface area contributed by atoms with Crippen LogP contribution in [0.3, 0.4) is 0 Å². The lowest BCUT2D eigenvalue weighted by molar-refractivity contribution is 0.661. The van der Waals surface area contributed by atoms with E-state index < -0.39 is 0 Å². The van der Waals surface area contributed by atoms with Crippen LogP contribution < -0.4 is 0 Å². The fraction of sp³-hybridized carbons (Fsp3) is 0.0588. The maximum Gasteiger partial charge on any atom is 0.161 e. The number of rotatable bonds is 5. The number of hydrogen-bond donors (Lipinski definition) is 0. The van der Waals surface area contributed by atoms with Gasteiger partial charge in [0, 0.05) is 22.1 Å². The zero-order chi connectivity index (χ0) is 35.5. The first-order valence-electron chi connectivity index (χ1n) is 18.3. The molecule has 53 heavy (non-hydrogen) atoms. The van der Waals surface area contributed by atoms with Gasteiger partial charge in [-0.25, -0.2) is 9.97 Å². The predicted octanol–water partition coefficient (Wildman–Crippen LogP) is 13.4. The summed E-state index contributed by atoms with van der Waals surface area (Å²) in [5.41, 5.74) is 15.3. The summed E-state index contributed by atoms with van der Waals surface area (Å²) in [7, 11) is 0. The Morgan fingerprint density at radius 1 is 0.358 bits per heavy atom. The molecule has 0 spiro atoms. The van der Waals surface area contributed by atoms with E-state index in [1.54, 1.807) is 0 Å². The average Bonchev–Trinajstić information content (AvgIpc) is 3.47. The molecule has 0 bridgehead atoms. The zero-order valence-electron chi connectivity index (χ0n) is 29.7. The van der Waals surface area contributed by atoms with Crippen LogP contribution in [0.1, 0.15) is 25.0 Å². The van der Waals surface area contributed by atoms with Crippen LogP contribution in [0.15, 0.2) is 182 Å². The summed E-state index contributed by atoms with van der Waals surface area (Å²) in [5.74, 6) is 0.719. The molecule has 2 heteroatoms. The molecule has 2 nitrogen and oxygen atoms in total. The predicted molar refractivity (Wildman–Crippen MR) is 222 cm³/mol. The van der Waals surface area contributed by atoms with Crippen molar-refractivity contribution in [3.05, 3.63) is 193 Å². The second-order valence-corrected chi connectivity index (χ2v) is 14.5. The summed E-state index contributed by atoms with van der Waals surface area (Å²) in [6.45, 7) is 4.72. The fourth-order valence-electron chi connectivity index (χ4n) is 8.45. The normalized spacial score (nSPS) is 12.9. The van der Waals surface area contributed by atoms with E-state index in [0.717, 1.165) is 39.3 Å². The molecule has 0 aliphatic heterocycles. The smallest absolute Gasteiger partial charge is 0.161 e. The summed E-state index contributed by atoms with van der Waals surface area (Å²) < 4.78 is 0. The van der Waals surface area contributed by atoms with Crippen molar-refractivity contribution >= 4 is 21.5 Å². The summed E-state index contributed by atoms with van der Waals surface area (Å²) in [6, 6.07) is 65.3. The Labute approximate surface area is 310 Å². The van der Waals surface area contributed by atoms with Gasteiger partial charge >= 0.3 is 0 Å². The Morgan fingerprint density at radius 3 is 1.55 bits per heavy atom. The first-order chi connectivity index (χ1) is 26.0. The summed E-state index contributed by atoms with van der Waals surface area (Å²) in [4.78, 5) is 10.3. The molecule has 1 aliphatic rings. The molecule has 9 aromatic rings. The van der Waals surface area contributed by atoms with Crippen LogP contribution in [0.25, 0.3) is 88.8 Å². The molecule has 0 saturated carbocycles. The molecule has 10 rings (SSSR count). The second kappa shape index (κ2) is 12.3. The minimum Gasteiger partial charge on any atom is -0.228 e. The molecule has 0 unspecified atom stereocenters. The first-order valence-corrected chi connectivity index (χ1v) is 18.3. The van der Waals surface area contributed by atoms with Gasteiger partial charge in [0.2, 0.25) is 0 Å². The standard InChI is InChI=1S/C51H36N2/c1-51(2)44-23-13-22-40(48(44)49-39-19-10-9-14-33(39)28-31-45(49)51)35-26-24-34(25-27-35)38-29-30-43(42-21-12-11-20-41(38)42)50-52-46(36-15-5-3-6-16-36)32-47(53-50)37-17-7-4-8-18-37/h3-32H,1-2H3. The number of fused-ring (bicyclic) bond motifs is 6. The van der Waals surface area contributed by atoms with Crippen molar-refractivity contribution in [1.82, 2.24) is 9.97 Å². The van der Waals surface area contributed by atoms with Gasteiger partial charge in [-0.3, -0.25) is 0 Å². The lowest BCUT2D eigenvalue weighted by Crippen LogP contribution is -2.14. The van der Waals surface area contributed by atoms with Crippen molar-refractivity contribution in [1.29, 1.82) is 0 Å². The van der Waals surface area contributed by atoms with Gasteiger partial charge in [-0.15, -0.1) is 0 Å². The van der Waals surface area contributed by atoms with Gasteiger partial charge in [0.1, 0.15) is 0 Å². The lowest BCUT2D eigenvalue weighted by Gasteiger charge is -2.21. The third-order valence-corrected chi connectivity index (χ3v) is 11.1. The first kappa shape index (κ1) is 31.1. The van der Waals surface area contributed by atoms with E-state index in [1.807, 2.05) is 12.1 Å². The van der Waals surface area contributed by atoms with E-state index in [9.17, 15) is 0 Å². The van der Waals surface area contributed by atoms with Gasteiger partial charge in [-0.1, -0.05) is 184 Å². The summed E-state index contributed by atoms with van der Waals surface area (Å²) >= 11 is 0. The Hall–Kier alpha value is -6.64. The highest BCUT2D eigenvalue weighted by Crippen LogP contribution is 2.54. The van der Waals surface area contributed by atoms with Crippen LogP contribution in [0.2, 0.25) is 0 Å². The van der Waals surface area contributed by atoms with E-state index in [0.29, 0.717) is 0 Å². The number of nitrogens with zero attached hydrogens (tertiary/aromatic N) is 2. The molecule has 0 atom stereocenters. The third kappa shape index (κ3) is 5.10. The van der Waals surface area contributed by atoms with Crippen LogP contribution in [0, 0.1) is 0 Å². The number of benzene rings is 8. The van der Waals surface area contributed by atoms with E-state index in [2.05, 4.69) is 184 Å². The molecular formula is C51H36N2. The summed E-state index contributed by atoms with van der Waals surface area (Å²) in [5, 5.41) is 4.91. The van der Waals surface area contributed by atoms with Crippen LogP contribution in [0.4, 0.5) is 0 Å². The van der Waals surface area contributed by atoms with E-state index >= 15 is 0 Å². The molecule has 1 aromatic heterocycles. The number of hydrogen-bond acceptors (Lipinski definition) is 2. The van der Waals surface area contributed by atoms with Crippen molar-refractivity contribution in [2.24, 2.45) is 0 Å². The minimum absolute atomic E-state index is 0.0719. The molecule has 1 aliphatic carbocycles. The van der Waals surface area contributed by atoms with Crippen LogP contribution in [-0.4, -0.2) is 9.97 Å². The van der Waals surface area contributed by atoms with Gasteiger partial charge in [0.05, 0.1) is 11.4 Å². The van der Waals surface area contributed by atoms with Crippen LogP contribution in [-0.2, 0) is 5.41 Å². The molecule has 250 valence electrons. The molecule has 0 radical (unpaired) electrons. The molecule has 0 saturated heterocycles. The Balaban J connectivity index is 1.08. The largest absolute Gasteiger partial charge is 0.228 e. The maximum absolute atomic E-state index is 5.16. The highest BCUT2D eigenvalue weighted by Gasteiger charge is 2.37. The maximum atomic E-state index is 5.16. The van der Waals surface area contributed by atoms with Crippen LogP contribution in [0.5, 0.6) is 0 Å². The molecule has 0 amide bonds. The monoisotopic (exact) mass is 676 g/mol. The highest BCUT2D eigenvalue weighted by atomic mass is 14.9. The van der Waals surface area contributed by atoms with E-state index in [1.165, 1.54) is 60.7 Å². The van der Waals surface area contributed by atoms with Crippen molar-refractivity contribution < 1.29 is 0 Å².